The lowest BCUT2D eigenvalue weighted by Crippen LogP contribution is -1.90. The highest BCUT2D eigenvalue weighted by molar-refractivity contribution is 6.28. The van der Waals surface area contributed by atoms with Gasteiger partial charge in [-0.15, -0.1) is 0 Å². The number of fused-ring (bicyclic) bond motifs is 7. The van der Waals surface area contributed by atoms with Crippen LogP contribution >= 0.6 is 0 Å². The van der Waals surface area contributed by atoms with Crippen molar-refractivity contribution in [3.05, 3.63) is 121 Å². The Labute approximate surface area is 218 Å². The second-order valence-corrected chi connectivity index (χ2v) is 8.68. The molecule has 0 saturated carbocycles. The first-order chi connectivity index (χ1) is 21.2. The summed E-state index contributed by atoms with van der Waals surface area (Å²) in [6, 6.07) is 17.0. The molecule has 0 aliphatic rings. The summed E-state index contributed by atoms with van der Waals surface area (Å²) in [6.45, 7) is 0. The van der Waals surface area contributed by atoms with Gasteiger partial charge >= 0.3 is 0 Å². The third-order valence-corrected chi connectivity index (χ3v) is 6.79. The molecule has 0 aliphatic heterocycles. The number of hydrogen-bond donors (Lipinski definition) is 0. The quantitative estimate of drug-likeness (QED) is 0.236. The maximum Gasteiger partial charge on any atom is 0.136 e. The molecule has 2 heteroatoms. The largest absolute Gasteiger partial charge is 0.464 e. The zero-order valence-corrected chi connectivity index (χ0v) is 18.7. The molecule has 2 aromatic heterocycles. The molecule has 0 saturated heterocycles. The highest BCUT2D eigenvalue weighted by Gasteiger charge is 2.22. The molecular formula is C34H20O2. The summed E-state index contributed by atoms with van der Waals surface area (Å²) in [7, 11) is 0. The van der Waals surface area contributed by atoms with E-state index in [1.54, 1.807) is 36.4 Å². The Hall–Kier alpha value is -4.82. The van der Waals surface area contributed by atoms with E-state index in [4.69, 9.17) is 19.8 Å². The van der Waals surface area contributed by atoms with Crippen LogP contribution in [0.5, 0.6) is 0 Å². The van der Waals surface area contributed by atoms with E-state index in [2.05, 4.69) is 0 Å². The number of para-hydroxylation sites is 1. The number of hydrogen-bond acceptors (Lipinski definition) is 2. The lowest BCUT2D eigenvalue weighted by Gasteiger charge is -2.17. The Morgan fingerprint density at radius 1 is 0.500 bits per heavy atom. The van der Waals surface area contributed by atoms with Crippen LogP contribution in [0.2, 0.25) is 0 Å². The predicted octanol–water partition coefficient (Wildman–Crippen LogP) is 9.97. The van der Waals surface area contributed by atoms with Crippen molar-refractivity contribution in [2.75, 3.05) is 0 Å². The van der Waals surface area contributed by atoms with E-state index in [-0.39, 0.29) is 51.3 Å². The first-order valence-electron chi connectivity index (χ1n) is 15.5. The molecule has 2 nitrogen and oxygen atoms in total. The molecule has 168 valence electrons. The van der Waals surface area contributed by atoms with E-state index in [0.717, 1.165) is 10.8 Å². The predicted molar refractivity (Wildman–Crippen MR) is 149 cm³/mol. The zero-order chi connectivity index (χ0) is 30.6. The van der Waals surface area contributed by atoms with Crippen molar-refractivity contribution in [1.29, 1.82) is 0 Å². The second-order valence-electron chi connectivity index (χ2n) is 8.68. The van der Waals surface area contributed by atoms with Crippen molar-refractivity contribution in [2.24, 2.45) is 0 Å². The molecule has 8 rings (SSSR count). The van der Waals surface area contributed by atoms with Crippen molar-refractivity contribution in [1.82, 2.24) is 0 Å². The van der Waals surface area contributed by atoms with Crippen LogP contribution in [0.3, 0.4) is 0 Å². The molecule has 2 heterocycles. The van der Waals surface area contributed by atoms with Gasteiger partial charge in [0, 0.05) is 27.3 Å². The van der Waals surface area contributed by atoms with Crippen molar-refractivity contribution in [2.45, 2.75) is 0 Å². The second kappa shape index (κ2) is 7.34. The normalized spacial score (nSPS) is 15.0. The maximum atomic E-state index is 9.16. The van der Waals surface area contributed by atoms with Crippen molar-refractivity contribution in [3.63, 3.8) is 0 Å². The number of benzene rings is 6. The summed E-state index contributed by atoms with van der Waals surface area (Å²) >= 11 is 0. The van der Waals surface area contributed by atoms with E-state index >= 15 is 0 Å². The first kappa shape index (κ1) is 13.3. The lowest BCUT2D eigenvalue weighted by molar-refractivity contribution is 0.616. The molecule has 8 aromatic rings. The molecule has 0 bridgehead atoms. The molecule has 0 radical (unpaired) electrons. The van der Waals surface area contributed by atoms with E-state index in [0.29, 0.717) is 38.8 Å². The minimum absolute atomic E-state index is 0.139. The molecule has 0 unspecified atom stereocenters. The van der Waals surface area contributed by atoms with Gasteiger partial charge in [0.05, 0.1) is 17.2 Å². The first-order valence-corrected chi connectivity index (χ1v) is 11.5. The molecule has 0 atom stereocenters. The minimum atomic E-state index is -0.449. The van der Waals surface area contributed by atoms with E-state index in [1.165, 1.54) is 6.26 Å². The lowest BCUT2D eigenvalue weighted by atomic mass is 9.85. The van der Waals surface area contributed by atoms with Crippen LogP contribution in [0.25, 0.3) is 76.7 Å². The molecule has 0 fully saturated rings. The summed E-state index contributed by atoms with van der Waals surface area (Å²) in [5, 5.41) is 2.76. The molecule has 0 N–H and O–H groups in total. The molecule has 36 heavy (non-hydrogen) atoms. The summed E-state index contributed by atoms with van der Waals surface area (Å²) in [5.74, 6) is 0. The van der Waals surface area contributed by atoms with Crippen molar-refractivity contribution >= 4 is 54.5 Å². The van der Waals surface area contributed by atoms with Crippen LogP contribution in [-0.2, 0) is 0 Å². The molecular weight excluding hydrogens is 440 g/mol. The van der Waals surface area contributed by atoms with E-state index in [9.17, 15) is 0 Å². The summed E-state index contributed by atoms with van der Waals surface area (Å²) < 4.78 is 83.2. The standard InChI is InChI=1S/C34H20O2/c1-2-10-21(11-3-1)31-22-12-4-6-14-24(22)32(25-15-7-5-13-23(25)31)27-20-35-29-18-19-30-33(34(27)29)26-16-8-9-17-28(26)36-30/h1-20H/i4D,5D,6D,7D,12D,13D,14D,15D. The average molecular weight is 469 g/mol. The Bertz CT molecular complexity index is 2450. The van der Waals surface area contributed by atoms with Gasteiger partial charge in [-0.05, 0) is 50.9 Å². The van der Waals surface area contributed by atoms with Gasteiger partial charge in [-0.1, -0.05) is 96.9 Å². The summed E-state index contributed by atoms with van der Waals surface area (Å²) in [6.07, 6.45) is 1.49. The van der Waals surface area contributed by atoms with Gasteiger partial charge in [-0.3, -0.25) is 0 Å². The highest BCUT2D eigenvalue weighted by Crippen LogP contribution is 2.47. The van der Waals surface area contributed by atoms with Crippen LogP contribution in [0.1, 0.15) is 11.0 Å². The third-order valence-electron chi connectivity index (χ3n) is 6.79. The van der Waals surface area contributed by atoms with E-state index < -0.39 is 24.2 Å². The minimum Gasteiger partial charge on any atom is -0.464 e. The highest BCUT2D eigenvalue weighted by atomic mass is 16.3. The fourth-order valence-corrected chi connectivity index (χ4v) is 5.32. The van der Waals surface area contributed by atoms with Gasteiger partial charge < -0.3 is 8.83 Å². The average Bonchev–Trinajstić information content (AvgIpc) is 3.64. The van der Waals surface area contributed by atoms with Crippen LogP contribution in [0.4, 0.5) is 0 Å². The number of rotatable bonds is 2. The van der Waals surface area contributed by atoms with Gasteiger partial charge in [0.2, 0.25) is 0 Å². The Morgan fingerprint density at radius 2 is 1.11 bits per heavy atom. The van der Waals surface area contributed by atoms with Gasteiger partial charge in [0.1, 0.15) is 16.7 Å². The monoisotopic (exact) mass is 468 g/mol. The smallest absolute Gasteiger partial charge is 0.136 e. The van der Waals surface area contributed by atoms with Crippen molar-refractivity contribution in [3.8, 4) is 22.3 Å². The third kappa shape index (κ3) is 2.61. The van der Waals surface area contributed by atoms with Gasteiger partial charge in [0.15, 0.2) is 0 Å². The van der Waals surface area contributed by atoms with Crippen LogP contribution < -0.4 is 0 Å². The van der Waals surface area contributed by atoms with Crippen LogP contribution in [-0.4, -0.2) is 0 Å². The fourth-order valence-electron chi connectivity index (χ4n) is 5.32. The molecule has 0 amide bonds. The Kier molecular flexibility index (Phi) is 2.71. The van der Waals surface area contributed by atoms with Crippen LogP contribution in [0, 0.1) is 0 Å². The van der Waals surface area contributed by atoms with Gasteiger partial charge in [-0.2, -0.15) is 0 Å². The Morgan fingerprint density at radius 3 is 1.83 bits per heavy atom. The molecule has 6 aromatic carbocycles. The van der Waals surface area contributed by atoms with Crippen LogP contribution in [0.15, 0.2) is 130 Å². The van der Waals surface area contributed by atoms with Gasteiger partial charge in [-0.25, -0.2) is 0 Å². The topological polar surface area (TPSA) is 26.3 Å². The Balaban J connectivity index is 1.74. The van der Waals surface area contributed by atoms with E-state index in [1.807, 2.05) is 30.3 Å². The maximum absolute atomic E-state index is 9.16. The molecule has 0 spiro atoms. The number of furan rings is 2. The summed E-state index contributed by atoms with van der Waals surface area (Å²) in [4.78, 5) is 0. The fraction of sp³-hybridized carbons (Fsp3) is 0. The SMILES string of the molecule is [2H]c1c([2H])c([2H])c2c(-c3coc4ccc5oc6ccccc6c5c34)c3c([2H])c([2H])c([2H])c([2H])c3c(-c3ccccc3)c2c1[2H]. The van der Waals surface area contributed by atoms with Gasteiger partial charge in [0.25, 0.3) is 0 Å². The summed E-state index contributed by atoms with van der Waals surface area (Å²) in [5.41, 5.74) is 3.27. The molecule has 0 aliphatic carbocycles. The zero-order valence-electron chi connectivity index (χ0n) is 26.7. The van der Waals surface area contributed by atoms with Crippen molar-refractivity contribution < 1.29 is 19.8 Å².